The molecule has 1 heterocycles. The van der Waals surface area contributed by atoms with Gasteiger partial charge < -0.3 is 9.63 Å². The molecular weight excluding hydrogens is 253 g/mol. The van der Waals surface area contributed by atoms with Crippen LogP contribution in [-0.4, -0.2) is 21.4 Å². The number of aromatic nitrogens is 2. The van der Waals surface area contributed by atoms with Crippen LogP contribution >= 0.6 is 0 Å². The fourth-order valence-electron chi connectivity index (χ4n) is 0.873. The van der Waals surface area contributed by atoms with Crippen molar-refractivity contribution in [3.8, 4) is 0 Å². The molecule has 0 saturated heterocycles. The summed E-state index contributed by atoms with van der Waals surface area (Å²) in [5.41, 5.74) is 0.331. The number of alkyl halides is 3. The molecule has 0 saturated carbocycles. The maximum absolute atomic E-state index is 11.4. The molecule has 18 heavy (non-hydrogen) atoms. The highest BCUT2D eigenvalue weighted by Gasteiger charge is 2.35. The summed E-state index contributed by atoms with van der Waals surface area (Å²) in [5, 5.41) is 13.9. The smallest absolute Gasteiger partial charge is 0.454 e. The monoisotopic (exact) mass is 260 g/mol. The molecule has 2 aromatic rings. The molecule has 0 amide bonds. The number of benzene rings is 1. The first kappa shape index (κ1) is 13.7. The van der Waals surface area contributed by atoms with E-state index < -0.39 is 17.9 Å². The van der Waals surface area contributed by atoms with Crippen molar-refractivity contribution in [3.05, 3.63) is 47.9 Å². The SMILES string of the molecule is FC(F)(F)c1cnno1.O=C(O)c1ccccc1. The van der Waals surface area contributed by atoms with Gasteiger partial charge in [-0.3, -0.25) is 0 Å². The van der Waals surface area contributed by atoms with E-state index in [-0.39, 0.29) is 0 Å². The fraction of sp³-hybridized carbons (Fsp3) is 0.100. The van der Waals surface area contributed by atoms with Gasteiger partial charge in [-0.1, -0.05) is 18.2 Å². The van der Waals surface area contributed by atoms with Crippen LogP contribution in [0.1, 0.15) is 16.1 Å². The summed E-state index contributed by atoms with van der Waals surface area (Å²) < 4.78 is 38.1. The highest BCUT2D eigenvalue weighted by Crippen LogP contribution is 2.27. The van der Waals surface area contributed by atoms with E-state index in [0.29, 0.717) is 11.8 Å². The summed E-state index contributed by atoms with van der Waals surface area (Å²) >= 11 is 0. The molecule has 1 aromatic carbocycles. The van der Waals surface area contributed by atoms with E-state index in [1.165, 1.54) is 0 Å². The molecule has 0 spiro atoms. The standard InChI is InChI=1S/C7H6O2.C3HF3N2O/c8-7(9)6-4-2-1-3-5-6;4-3(5,6)2-1-7-8-9-2/h1-5H,(H,8,9);1H. The molecule has 1 N–H and O–H groups in total. The van der Waals surface area contributed by atoms with Crippen LogP contribution in [0.2, 0.25) is 0 Å². The minimum atomic E-state index is -4.47. The summed E-state index contributed by atoms with van der Waals surface area (Å²) in [6, 6.07) is 8.30. The van der Waals surface area contributed by atoms with Crippen LogP contribution in [0, 0.1) is 0 Å². The van der Waals surface area contributed by atoms with Crippen molar-refractivity contribution in [2.45, 2.75) is 6.18 Å². The molecular formula is C10H7F3N2O3. The van der Waals surface area contributed by atoms with Gasteiger partial charge in [0.15, 0.2) is 0 Å². The van der Waals surface area contributed by atoms with Crippen LogP contribution in [0.5, 0.6) is 0 Å². The van der Waals surface area contributed by atoms with Gasteiger partial charge >= 0.3 is 12.1 Å². The maximum atomic E-state index is 11.4. The number of carboxylic acids is 1. The third-order valence-corrected chi connectivity index (χ3v) is 1.66. The Morgan fingerprint density at radius 2 is 1.83 bits per heavy atom. The van der Waals surface area contributed by atoms with Crippen LogP contribution in [0.15, 0.2) is 41.1 Å². The molecule has 8 heteroatoms. The van der Waals surface area contributed by atoms with Crippen LogP contribution in [-0.2, 0) is 6.18 Å². The lowest BCUT2D eigenvalue weighted by Gasteiger charge is -1.95. The molecule has 0 atom stereocenters. The van der Waals surface area contributed by atoms with E-state index in [2.05, 4.69) is 14.9 Å². The Labute approximate surface area is 98.8 Å². The van der Waals surface area contributed by atoms with E-state index in [4.69, 9.17) is 5.11 Å². The first-order valence-corrected chi connectivity index (χ1v) is 4.54. The van der Waals surface area contributed by atoms with Crippen molar-refractivity contribution in [3.63, 3.8) is 0 Å². The number of hydrogen-bond donors (Lipinski definition) is 1. The summed E-state index contributed by atoms with van der Waals surface area (Å²) in [6.45, 7) is 0. The number of hydrogen-bond acceptors (Lipinski definition) is 4. The topological polar surface area (TPSA) is 76.2 Å². The summed E-state index contributed by atoms with van der Waals surface area (Å²) in [5.74, 6) is -2.06. The van der Waals surface area contributed by atoms with Crippen molar-refractivity contribution in [1.82, 2.24) is 10.4 Å². The van der Waals surface area contributed by atoms with E-state index in [0.717, 1.165) is 0 Å². The largest absolute Gasteiger partial charge is 0.478 e. The fourth-order valence-corrected chi connectivity index (χ4v) is 0.873. The Hall–Kier alpha value is -2.38. The Kier molecular flexibility index (Phi) is 4.41. The van der Waals surface area contributed by atoms with Crippen molar-refractivity contribution in [2.24, 2.45) is 0 Å². The third kappa shape index (κ3) is 4.24. The first-order valence-electron chi connectivity index (χ1n) is 4.54. The molecule has 0 bridgehead atoms. The normalized spacial score (nSPS) is 10.4. The predicted octanol–water partition coefficient (Wildman–Crippen LogP) is 2.47. The van der Waals surface area contributed by atoms with E-state index in [1.54, 1.807) is 30.3 Å². The molecule has 0 unspecified atom stereocenters. The Morgan fingerprint density at radius 3 is 2.11 bits per heavy atom. The minimum Gasteiger partial charge on any atom is -0.478 e. The van der Waals surface area contributed by atoms with Crippen LogP contribution in [0.25, 0.3) is 0 Å². The quantitative estimate of drug-likeness (QED) is 0.852. The lowest BCUT2D eigenvalue weighted by Crippen LogP contribution is -2.01. The van der Waals surface area contributed by atoms with Gasteiger partial charge in [0, 0.05) is 5.27 Å². The van der Waals surface area contributed by atoms with E-state index in [9.17, 15) is 18.0 Å². The zero-order chi connectivity index (χ0) is 13.6. The molecule has 0 aliphatic heterocycles. The maximum Gasteiger partial charge on any atom is 0.454 e. The van der Waals surface area contributed by atoms with Crippen molar-refractivity contribution >= 4 is 5.97 Å². The van der Waals surface area contributed by atoms with Gasteiger partial charge in [-0.15, -0.1) is 5.10 Å². The van der Waals surface area contributed by atoms with Gasteiger partial charge in [0.1, 0.15) is 6.20 Å². The molecule has 0 aliphatic carbocycles. The van der Waals surface area contributed by atoms with E-state index >= 15 is 0 Å². The number of carbonyl (C=O) groups is 1. The molecule has 0 aliphatic rings. The van der Waals surface area contributed by atoms with Gasteiger partial charge in [0.25, 0.3) is 5.76 Å². The first-order chi connectivity index (χ1) is 8.41. The van der Waals surface area contributed by atoms with Crippen LogP contribution in [0.4, 0.5) is 13.2 Å². The summed E-state index contributed by atoms with van der Waals surface area (Å²) in [4.78, 5) is 10.2. The number of rotatable bonds is 1. The average Bonchev–Trinajstić information content (AvgIpc) is 2.84. The Bertz CT molecular complexity index is 483. The van der Waals surface area contributed by atoms with E-state index in [1.807, 2.05) is 0 Å². The number of carboxylic acid groups (broad SMARTS) is 1. The second kappa shape index (κ2) is 5.80. The molecule has 0 radical (unpaired) electrons. The average molecular weight is 260 g/mol. The summed E-state index contributed by atoms with van der Waals surface area (Å²) in [6.07, 6.45) is -3.95. The third-order valence-electron chi connectivity index (χ3n) is 1.66. The lowest BCUT2D eigenvalue weighted by atomic mass is 10.2. The number of nitrogens with zero attached hydrogens (tertiary/aromatic N) is 2. The molecule has 1 aromatic heterocycles. The lowest BCUT2D eigenvalue weighted by molar-refractivity contribution is -0.155. The molecule has 96 valence electrons. The van der Waals surface area contributed by atoms with Gasteiger partial charge in [0.2, 0.25) is 0 Å². The minimum absolute atomic E-state index is 0.331. The molecule has 0 fully saturated rings. The van der Waals surface area contributed by atoms with Crippen molar-refractivity contribution < 1.29 is 27.6 Å². The van der Waals surface area contributed by atoms with Gasteiger partial charge in [0.05, 0.1) is 5.56 Å². The van der Waals surface area contributed by atoms with Gasteiger partial charge in [-0.25, -0.2) is 4.79 Å². The number of halogens is 3. The van der Waals surface area contributed by atoms with Crippen molar-refractivity contribution in [2.75, 3.05) is 0 Å². The van der Waals surface area contributed by atoms with Gasteiger partial charge in [-0.2, -0.15) is 13.2 Å². The van der Waals surface area contributed by atoms with Crippen LogP contribution in [0.3, 0.4) is 0 Å². The van der Waals surface area contributed by atoms with Crippen molar-refractivity contribution in [1.29, 1.82) is 0 Å². The second-order valence-electron chi connectivity index (χ2n) is 2.95. The zero-order valence-electron chi connectivity index (χ0n) is 8.76. The zero-order valence-corrected chi connectivity index (χ0v) is 8.76. The predicted molar refractivity (Wildman–Crippen MR) is 52.7 cm³/mol. The van der Waals surface area contributed by atoms with Gasteiger partial charge in [-0.05, 0) is 12.1 Å². The second-order valence-corrected chi connectivity index (χ2v) is 2.95. The molecule has 2 rings (SSSR count). The van der Waals surface area contributed by atoms with Crippen LogP contribution < -0.4 is 0 Å². The highest BCUT2D eigenvalue weighted by molar-refractivity contribution is 5.87. The highest BCUT2D eigenvalue weighted by atomic mass is 19.4. The summed E-state index contributed by atoms with van der Waals surface area (Å²) in [7, 11) is 0. The molecule has 5 nitrogen and oxygen atoms in total. The number of aromatic carboxylic acids is 1. The Balaban J connectivity index is 0.000000180. The Morgan fingerprint density at radius 1 is 1.22 bits per heavy atom.